The summed E-state index contributed by atoms with van der Waals surface area (Å²) in [5.74, 6) is 0.0800. The minimum absolute atomic E-state index is 0.0800. The number of hydrogen-bond acceptors (Lipinski definition) is 3. The smallest absolute Gasteiger partial charge is 0.138 e. The molecule has 0 atom stereocenters. The molecule has 0 fully saturated rings. The highest BCUT2D eigenvalue weighted by molar-refractivity contribution is 6.35. The van der Waals surface area contributed by atoms with Crippen LogP contribution in [-0.2, 0) is 20.0 Å². The molecule has 4 nitrogen and oxygen atoms in total. The zero-order valence-corrected chi connectivity index (χ0v) is 12.0. The highest BCUT2D eigenvalue weighted by Gasteiger charge is 2.07. The predicted octanol–water partition coefficient (Wildman–Crippen LogP) is 2.76. The first-order chi connectivity index (χ1) is 9.06. The summed E-state index contributed by atoms with van der Waals surface area (Å²) in [7, 11) is 1.89. The van der Waals surface area contributed by atoms with E-state index in [1.807, 2.05) is 19.3 Å². The lowest BCUT2D eigenvalue weighted by Gasteiger charge is -2.08. The molecule has 0 unspecified atom stereocenters. The molecule has 0 saturated heterocycles. The van der Waals surface area contributed by atoms with Crippen LogP contribution in [0.2, 0.25) is 10.0 Å². The van der Waals surface area contributed by atoms with Crippen LogP contribution in [0.15, 0.2) is 24.4 Å². The Morgan fingerprint density at radius 3 is 2.84 bits per heavy atom. The standard InChI is InChI=1S/C13H15Cl2N3O/c1-18-5-3-11(17-18)2-4-16-8-9-6-10(14)7-12(15)13(9)19/h3,5-7,16,19H,2,4,8H2,1H3. The maximum absolute atomic E-state index is 9.80. The van der Waals surface area contributed by atoms with Gasteiger partial charge < -0.3 is 10.4 Å². The van der Waals surface area contributed by atoms with Crippen LogP contribution >= 0.6 is 23.2 Å². The molecule has 0 aliphatic rings. The van der Waals surface area contributed by atoms with Gasteiger partial charge in [-0.1, -0.05) is 23.2 Å². The van der Waals surface area contributed by atoms with Crippen LogP contribution in [0.1, 0.15) is 11.3 Å². The number of aromatic nitrogens is 2. The molecule has 0 saturated carbocycles. The van der Waals surface area contributed by atoms with E-state index in [0.29, 0.717) is 17.1 Å². The number of phenols is 1. The Kier molecular flexibility index (Phi) is 4.69. The lowest BCUT2D eigenvalue weighted by atomic mass is 10.2. The number of benzene rings is 1. The molecular formula is C13H15Cl2N3O. The van der Waals surface area contributed by atoms with Crippen molar-refractivity contribution in [2.24, 2.45) is 7.05 Å². The first kappa shape index (κ1) is 14.2. The number of nitrogens with zero attached hydrogens (tertiary/aromatic N) is 2. The summed E-state index contributed by atoms with van der Waals surface area (Å²) in [6.45, 7) is 1.28. The summed E-state index contributed by atoms with van der Waals surface area (Å²) < 4.78 is 1.78. The molecular weight excluding hydrogens is 285 g/mol. The summed E-state index contributed by atoms with van der Waals surface area (Å²) >= 11 is 11.8. The molecule has 1 heterocycles. The van der Waals surface area contributed by atoms with E-state index < -0.39 is 0 Å². The fourth-order valence-corrected chi connectivity index (χ4v) is 2.33. The minimum Gasteiger partial charge on any atom is -0.506 e. The van der Waals surface area contributed by atoms with E-state index >= 15 is 0 Å². The van der Waals surface area contributed by atoms with E-state index in [0.717, 1.165) is 18.7 Å². The van der Waals surface area contributed by atoms with E-state index in [-0.39, 0.29) is 10.8 Å². The van der Waals surface area contributed by atoms with Gasteiger partial charge in [0.1, 0.15) is 5.75 Å². The average molecular weight is 300 g/mol. The Balaban J connectivity index is 1.86. The second kappa shape index (κ2) is 6.28. The molecule has 2 aromatic rings. The molecule has 6 heteroatoms. The van der Waals surface area contributed by atoms with Crippen LogP contribution in [0.3, 0.4) is 0 Å². The first-order valence-electron chi connectivity index (χ1n) is 5.92. The number of phenolic OH excluding ortho intramolecular Hbond substituents is 1. The molecule has 0 spiro atoms. The molecule has 0 radical (unpaired) electrons. The molecule has 2 rings (SSSR count). The van der Waals surface area contributed by atoms with Gasteiger partial charge in [-0.15, -0.1) is 0 Å². The minimum atomic E-state index is 0.0800. The van der Waals surface area contributed by atoms with Crippen molar-refractivity contribution >= 4 is 23.2 Å². The third kappa shape index (κ3) is 3.86. The number of aryl methyl sites for hydroxylation is 1. The van der Waals surface area contributed by atoms with Crippen molar-refractivity contribution in [3.63, 3.8) is 0 Å². The van der Waals surface area contributed by atoms with E-state index in [1.54, 1.807) is 10.7 Å². The monoisotopic (exact) mass is 299 g/mol. The van der Waals surface area contributed by atoms with Crippen LogP contribution < -0.4 is 5.32 Å². The van der Waals surface area contributed by atoms with Crippen LogP contribution in [0.4, 0.5) is 0 Å². The summed E-state index contributed by atoms with van der Waals surface area (Å²) in [6, 6.07) is 5.21. The Labute approximate surface area is 122 Å². The maximum atomic E-state index is 9.80. The van der Waals surface area contributed by atoms with Crippen molar-refractivity contribution in [2.45, 2.75) is 13.0 Å². The third-order valence-electron chi connectivity index (χ3n) is 2.75. The number of nitrogens with one attached hydrogen (secondary N) is 1. The van der Waals surface area contributed by atoms with E-state index in [4.69, 9.17) is 23.2 Å². The lowest BCUT2D eigenvalue weighted by molar-refractivity contribution is 0.465. The van der Waals surface area contributed by atoms with Gasteiger partial charge in [-0.05, 0) is 18.2 Å². The second-order valence-corrected chi connectivity index (χ2v) is 5.15. The second-order valence-electron chi connectivity index (χ2n) is 4.30. The quantitative estimate of drug-likeness (QED) is 0.835. The van der Waals surface area contributed by atoms with Gasteiger partial charge in [-0.2, -0.15) is 5.10 Å². The highest BCUT2D eigenvalue weighted by Crippen LogP contribution is 2.30. The fourth-order valence-electron chi connectivity index (χ4n) is 1.79. The summed E-state index contributed by atoms with van der Waals surface area (Å²) in [5, 5.41) is 18.1. The van der Waals surface area contributed by atoms with Crippen molar-refractivity contribution in [3.8, 4) is 5.75 Å². The Bertz CT molecular complexity index is 569. The summed E-state index contributed by atoms with van der Waals surface area (Å²) in [6.07, 6.45) is 2.74. The molecule has 1 aromatic heterocycles. The molecule has 1 aromatic carbocycles. The first-order valence-corrected chi connectivity index (χ1v) is 6.68. The summed E-state index contributed by atoms with van der Waals surface area (Å²) in [5.41, 5.74) is 1.72. The third-order valence-corrected chi connectivity index (χ3v) is 3.26. The number of rotatable bonds is 5. The molecule has 102 valence electrons. The number of halogens is 2. The molecule has 0 aliphatic carbocycles. The van der Waals surface area contributed by atoms with E-state index in [9.17, 15) is 5.11 Å². The van der Waals surface area contributed by atoms with Crippen LogP contribution in [0.5, 0.6) is 5.75 Å². The van der Waals surface area contributed by atoms with Crippen molar-refractivity contribution in [1.29, 1.82) is 0 Å². The highest BCUT2D eigenvalue weighted by atomic mass is 35.5. The number of aromatic hydroxyl groups is 1. The van der Waals surface area contributed by atoms with Gasteiger partial charge >= 0.3 is 0 Å². The topological polar surface area (TPSA) is 50.1 Å². The van der Waals surface area contributed by atoms with Gasteiger partial charge in [-0.3, -0.25) is 4.68 Å². The van der Waals surface area contributed by atoms with Crippen molar-refractivity contribution in [3.05, 3.63) is 45.7 Å². The molecule has 0 amide bonds. The molecule has 19 heavy (non-hydrogen) atoms. The average Bonchev–Trinajstić information content (AvgIpc) is 2.76. The van der Waals surface area contributed by atoms with E-state index in [1.165, 1.54) is 6.07 Å². The van der Waals surface area contributed by atoms with Gasteiger partial charge in [0.2, 0.25) is 0 Å². The SMILES string of the molecule is Cn1ccc(CCNCc2cc(Cl)cc(Cl)c2O)n1. The van der Waals surface area contributed by atoms with Gasteiger partial charge in [0, 0.05) is 43.3 Å². The van der Waals surface area contributed by atoms with Crippen LogP contribution in [0, 0.1) is 0 Å². The van der Waals surface area contributed by atoms with Crippen LogP contribution in [-0.4, -0.2) is 21.4 Å². The van der Waals surface area contributed by atoms with Crippen molar-refractivity contribution in [1.82, 2.24) is 15.1 Å². The Morgan fingerprint density at radius 1 is 1.37 bits per heavy atom. The van der Waals surface area contributed by atoms with Gasteiger partial charge in [0.15, 0.2) is 0 Å². The van der Waals surface area contributed by atoms with Crippen molar-refractivity contribution < 1.29 is 5.11 Å². The Morgan fingerprint density at radius 2 is 2.16 bits per heavy atom. The van der Waals surface area contributed by atoms with Crippen molar-refractivity contribution in [2.75, 3.05) is 6.54 Å². The fraction of sp³-hybridized carbons (Fsp3) is 0.308. The van der Waals surface area contributed by atoms with E-state index in [2.05, 4.69) is 10.4 Å². The van der Waals surface area contributed by atoms with Crippen LogP contribution in [0.25, 0.3) is 0 Å². The Hall–Kier alpha value is -1.23. The zero-order valence-electron chi connectivity index (χ0n) is 10.5. The zero-order chi connectivity index (χ0) is 13.8. The molecule has 0 bridgehead atoms. The lowest BCUT2D eigenvalue weighted by Crippen LogP contribution is -2.17. The largest absolute Gasteiger partial charge is 0.506 e. The molecule has 2 N–H and O–H groups in total. The van der Waals surface area contributed by atoms with Gasteiger partial charge in [0.05, 0.1) is 10.7 Å². The number of hydrogen-bond donors (Lipinski definition) is 2. The molecule has 0 aliphatic heterocycles. The maximum Gasteiger partial charge on any atom is 0.138 e. The summed E-state index contributed by atoms with van der Waals surface area (Å²) in [4.78, 5) is 0. The predicted molar refractivity (Wildman–Crippen MR) is 76.7 cm³/mol. The van der Waals surface area contributed by atoms with Gasteiger partial charge in [-0.25, -0.2) is 0 Å². The van der Waals surface area contributed by atoms with Gasteiger partial charge in [0.25, 0.3) is 0 Å². The normalized spacial score (nSPS) is 10.9.